The molecule has 0 spiro atoms. The van der Waals surface area contributed by atoms with Crippen LogP contribution in [0.3, 0.4) is 0 Å². The van der Waals surface area contributed by atoms with Crippen molar-refractivity contribution < 1.29 is 0 Å². The zero-order valence-electron chi connectivity index (χ0n) is 13.7. The van der Waals surface area contributed by atoms with E-state index in [2.05, 4.69) is 28.9 Å². The number of hydrogen-bond donors (Lipinski definition) is 0. The normalized spacial score (nSPS) is 12.7. The van der Waals surface area contributed by atoms with E-state index in [-0.39, 0.29) is 11.6 Å². The van der Waals surface area contributed by atoms with Crippen LogP contribution in [0.4, 0.5) is 0 Å². The van der Waals surface area contributed by atoms with E-state index in [1.165, 1.54) is 6.33 Å². The van der Waals surface area contributed by atoms with E-state index in [1.54, 1.807) is 10.9 Å². The van der Waals surface area contributed by atoms with Crippen LogP contribution in [0.2, 0.25) is 0 Å². The fourth-order valence-electron chi connectivity index (χ4n) is 2.78. The van der Waals surface area contributed by atoms with Crippen molar-refractivity contribution in [3.8, 4) is 0 Å². The molecule has 6 heteroatoms. The van der Waals surface area contributed by atoms with Crippen LogP contribution in [0, 0.1) is 0 Å². The number of benzene rings is 1. The molecule has 0 N–H and O–H groups in total. The molecule has 0 amide bonds. The predicted octanol–water partition coefficient (Wildman–Crippen LogP) is 2.57. The zero-order chi connectivity index (χ0) is 16.4. The van der Waals surface area contributed by atoms with Gasteiger partial charge in [-0.2, -0.15) is 5.10 Å². The van der Waals surface area contributed by atoms with E-state index in [4.69, 9.17) is 0 Å². The van der Waals surface area contributed by atoms with E-state index in [0.717, 1.165) is 36.3 Å². The fourth-order valence-corrected chi connectivity index (χ4v) is 2.78. The summed E-state index contributed by atoms with van der Waals surface area (Å²) >= 11 is 0. The maximum atomic E-state index is 12.9. The summed E-state index contributed by atoms with van der Waals surface area (Å²) in [7, 11) is 0. The molecule has 0 fully saturated rings. The molecular formula is C17H21N5O. The molecule has 6 nitrogen and oxygen atoms in total. The van der Waals surface area contributed by atoms with Gasteiger partial charge in [0.05, 0.1) is 23.3 Å². The summed E-state index contributed by atoms with van der Waals surface area (Å²) in [5.41, 5.74) is 1.82. The third-order valence-electron chi connectivity index (χ3n) is 4.13. The van der Waals surface area contributed by atoms with Crippen molar-refractivity contribution in [2.24, 2.45) is 0 Å². The standard InChI is InChI=1S/C17H21N5O/c1-4-8-22-16(18-10-20-22)12(3)21-11-19-15-7-6-13(5-2)9-14(15)17(21)23/h6-7,9-12H,4-5,8H2,1-3H3. The highest BCUT2D eigenvalue weighted by molar-refractivity contribution is 5.78. The van der Waals surface area contributed by atoms with Crippen LogP contribution >= 0.6 is 0 Å². The quantitative estimate of drug-likeness (QED) is 0.726. The summed E-state index contributed by atoms with van der Waals surface area (Å²) in [4.78, 5) is 21.6. The molecule has 0 saturated heterocycles. The molecule has 1 unspecified atom stereocenters. The predicted molar refractivity (Wildman–Crippen MR) is 89.5 cm³/mol. The van der Waals surface area contributed by atoms with Crippen molar-refractivity contribution in [2.75, 3.05) is 0 Å². The second kappa shape index (κ2) is 6.32. The monoisotopic (exact) mass is 311 g/mol. The topological polar surface area (TPSA) is 65.6 Å². The molecule has 0 saturated carbocycles. The lowest BCUT2D eigenvalue weighted by atomic mass is 10.1. The largest absolute Gasteiger partial charge is 0.288 e. The van der Waals surface area contributed by atoms with Gasteiger partial charge in [0.15, 0.2) is 0 Å². The van der Waals surface area contributed by atoms with Crippen molar-refractivity contribution in [3.63, 3.8) is 0 Å². The Hall–Kier alpha value is -2.50. The van der Waals surface area contributed by atoms with Gasteiger partial charge in [0, 0.05) is 6.54 Å². The van der Waals surface area contributed by atoms with Crippen molar-refractivity contribution >= 4 is 10.9 Å². The summed E-state index contributed by atoms with van der Waals surface area (Å²) in [5.74, 6) is 0.779. The van der Waals surface area contributed by atoms with Gasteiger partial charge in [-0.3, -0.25) is 9.36 Å². The summed E-state index contributed by atoms with van der Waals surface area (Å²) in [5, 5.41) is 4.89. The van der Waals surface area contributed by atoms with Crippen molar-refractivity contribution in [1.29, 1.82) is 0 Å². The van der Waals surface area contributed by atoms with E-state index >= 15 is 0 Å². The number of aryl methyl sites for hydroxylation is 2. The molecule has 3 aromatic rings. The van der Waals surface area contributed by atoms with E-state index in [1.807, 2.05) is 29.8 Å². The van der Waals surface area contributed by atoms with Crippen molar-refractivity contribution in [2.45, 2.75) is 46.2 Å². The molecule has 1 atom stereocenters. The Balaban J connectivity index is 2.10. The summed E-state index contributed by atoms with van der Waals surface area (Å²) in [6.07, 6.45) is 5.00. The maximum absolute atomic E-state index is 12.9. The van der Waals surface area contributed by atoms with Gasteiger partial charge in [-0.1, -0.05) is 19.9 Å². The van der Waals surface area contributed by atoms with Crippen LogP contribution in [0.1, 0.15) is 44.6 Å². The Kier molecular flexibility index (Phi) is 4.23. The van der Waals surface area contributed by atoms with Gasteiger partial charge >= 0.3 is 0 Å². The highest BCUT2D eigenvalue weighted by Crippen LogP contribution is 2.16. The van der Waals surface area contributed by atoms with Crippen molar-refractivity contribution in [3.05, 3.63) is 52.6 Å². The molecule has 120 valence electrons. The molecule has 0 aliphatic carbocycles. The first-order valence-electron chi connectivity index (χ1n) is 8.03. The molecule has 2 aromatic heterocycles. The van der Waals surface area contributed by atoms with Crippen LogP contribution in [-0.2, 0) is 13.0 Å². The number of aromatic nitrogens is 5. The smallest absolute Gasteiger partial charge is 0.261 e. The Morgan fingerprint density at radius 2 is 2.04 bits per heavy atom. The maximum Gasteiger partial charge on any atom is 0.261 e. The average Bonchev–Trinajstić information content (AvgIpc) is 3.03. The third-order valence-corrected chi connectivity index (χ3v) is 4.13. The van der Waals surface area contributed by atoms with E-state index in [0.29, 0.717) is 5.39 Å². The van der Waals surface area contributed by atoms with Crippen LogP contribution in [0.5, 0.6) is 0 Å². The molecular weight excluding hydrogens is 290 g/mol. The van der Waals surface area contributed by atoms with Gasteiger partial charge in [-0.25, -0.2) is 14.6 Å². The van der Waals surface area contributed by atoms with Crippen LogP contribution in [-0.4, -0.2) is 24.3 Å². The van der Waals surface area contributed by atoms with E-state index < -0.39 is 0 Å². The van der Waals surface area contributed by atoms with Crippen molar-refractivity contribution in [1.82, 2.24) is 24.3 Å². The number of rotatable bonds is 5. The molecule has 3 rings (SSSR count). The lowest BCUT2D eigenvalue weighted by Crippen LogP contribution is -2.26. The van der Waals surface area contributed by atoms with Crippen LogP contribution in [0.15, 0.2) is 35.6 Å². The second-order valence-electron chi connectivity index (χ2n) is 5.68. The highest BCUT2D eigenvalue weighted by atomic mass is 16.1. The zero-order valence-corrected chi connectivity index (χ0v) is 13.7. The number of nitrogens with zero attached hydrogens (tertiary/aromatic N) is 5. The van der Waals surface area contributed by atoms with E-state index in [9.17, 15) is 4.79 Å². The van der Waals surface area contributed by atoms with Gasteiger partial charge < -0.3 is 0 Å². The van der Waals surface area contributed by atoms with Crippen LogP contribution < -0.4 is 5.56 Å². The Labute approximate surface area is 134 Å². The minimum atomic E-state index is -0.210. The fraction of sp³-hybridized carbons (Fsp3) is 0.412. The molecule has 0 aliphatic heterocycles. The first-order chi connectivity index (χ1) is 11.2. The van der Waals surface area contributed by atoms with Gasteiger partial charge in [0.2, 0.25) is 0 Å². The molecule has 2 heterocycles. The minimum absolute atomic E-state index is 0.0381. The molecule has 0 bridgehead atoms. The van der Waals surface area contributed by atoms with Gasteiger partial charge in [-0.15, -0.1) is 0 Å². The van der Waals surface area contributed by atoms with Gasteiger partial charge in [-0.05, 0) is 37.5 Å². The summed E-state index contributed by atoms with van der Waals surface area (Å²) in [6.45, 7) is 6.91. The molecule has 23 heavy (non-hydrogen) atoms. The summed E-state index contributed by atoms with van der Waals surface area (Å²) < 4.78 is 3.49. The van der Waals surface area contributed by atoms with Crippen LogP contribution in [0.25, 0.3) is 10.9 Å². The Bertz CT molecular complexity index is 880. The van der Waals surface area contributed by atoms with Gasteiger partial charge in [0.1, 0.15) is 12.2 Å². The second-order valence-corrected chi connectivity index (χ2v) is 5.68. The minimum Gasteiger partial charge on any atom is -0.288 e. The molecule has 0 aliphatic rings. The average molecular weight is 311 g/mol. The lowest BCUT2D eigenvalue weighted by Gasteiger charge is -2.15. The highest BCUT2D eigenvalue weighted by Gasteiger charge is 2.17. The Morgan fingerprint density at radius 3 is 2.78 bits per heavy atom. The number of hydrogen-bond acceptors (Lipinski definition) is 4. The first-order valence-corrected chi connectivity index (χ1v) is 8.03. The SMILES string of the molecule is CCCn1ncnc1C(C)n1cnc2ccc(CC)cc2c1=O. The molecule has 0 radical (unpaired) electrons. The third kappa shape index (κ3) is 2.76. The van der Waals surface area contributed by atoms with Gasteiger partial charge in [0.25, 0.3) is 5.56 Å². The summed E-state index contributed by atoms with van der Waals surface area (Å²) in [6, 6.07) is 5.65. The number of fused-ring (bicyclic) bond motifs is 1. The molecule has 1 aromatic carbocycles. The lowest BCUT2D eigenvalue weighted by molar-refractivity contribution is 0.497. The first kappa shape index (κ1) is 15.4. The Morgan fingerprint density at radius 1 is 1.22 bits per heavy atom.